The van der Waals surface area contributed by atoms with E-state index in [0.717, 1.165) is 0 Å². The van der Waals surface area contributed by atoms with Gasteiger partial charge in [0.25, 0.3) is 0 Å². The molecule has 0 radical (unpaired) electrons. The van der Waals surface area contributed by atoms with Gasteiger partial charge in [0, 0.05) is 0 Å². The van der Waals surface area contributed by atoms with Crippen LogP contribution in [0.2, 0.25) is 6.55 Å². The zero-order chi connectivity index (χ0) is 5.86. The molecule has 0 bridgehead atoms. The molecule has 0 aliphatic heterocycles. The second-order valence-corrected chi connectivity index (χ2v) is 10.0. The molecular weight excluding hydrogens is 152 g/mol. The van der Waals surface area contributed by atoms with Gasteiger partial charge in [0.1, 0.15) is 0 Å². The van der Waals surface area contributed by atoms with Crippen LogP contribution in [-0.4, -0.2) is 49.6 Å². The summed E-state index contributed by atoms with van der Waals surface area (Å²) >= 11 is 0. The molecule has 6 heteroatoms. The summed E-state index contributed by atoms with van der Waals surface area (Å²) in [7, 11) is 3.95. The summed E-state index contributed by atoms with van der Waals surface area (Å²) in [6.45, 7) is 2.34. The average molecular weight is 166 g/mol. The fourth-order valence-electron chi connectivity index (χ4n) is 0.283. The first-order valence-corrected chi connectivity index (χ1v) is 7.29. The maximum absolute atomic E-state index is 2.53. The van der Waals surface area contributed by atoms with Crippen molar-refractivity contribution < 1.29 is 0 Å². The van der Waals surface area contributed by atoms with E-state index in [4.69, 9.17) is 0 Å². The highest BCUT2D eigenvalue weighted by molar-refractivity contribution is 6.43. The van der Waals surface area contributed by atoms with Crippen molar-refractivity contribution in [2.75, 3.05) is 0 Å². The van der Waals surface area contributed by atoms with Gasteiger partial charge in [-0.3, -0.25) is 0 Å². The zero-order valence-corrected chi connectivity index (χ0v) is 13.0. The van der Waals surface area contributed by atoms with Gasteiger partial charge in [-0.2, -0.15) is 0 Å². The van der Waals surface area contributed by atoms with Crippen molar-refractivity contribution in [3.8, 4) is 0 Å². The first-order chi connectivity index (χ1) is 3.18. The average Bonchev–Trinajstić information content (AvgIpc) is 1.65. The van der Waals surface area contributed by atoms with Crippen molar-refractivity contribution in [1.29, 1.82) is 0 Å². The molecule has 0 fully saturated rings. The third kappa shape index (κ3) is 3.38. The zero-order valence-electron chi connectivity index (χ0n) is 5.60. The quantitative estimate of drug-likeness (QED) is 0.301. The van der Waals surface area contributed by atoms with Crippen molar-refractivity contribution >= 4 is 40.9 Å². The molecule has 0 heterocycles. The Labute approximate surface area is 56.6 Å². The van der Waals surface area contributed by atoms with Crippen molar-refractivity contribution in [3.63, 3.8) is 0 Å². The van der Waals surface area contributed by atoms with Crippen molar-refractivity contribution in [1.82, 2.24) is 8.68 Å². The Morgan fingerprint density at radius 3 is 1.71 bits per heavy atom. The van der Waals surface area contributed by atoms with Gasteiger partial charge in [-0.25, -0.2) is 0 Å². The summed E-state index contributed by atoms with van der Waals surface area (Å²) in [4.78, 5) is 0. The molecule has 44 valence electrons. The highest BCUT2D eigenvalue weighted by atomic mass is 28.3. The number of rotatable bonds is 2. The lowest BCUT2D eigenvalue weighted by Gasteiger charge is -2.23. The molecule has 0 amide bonds. The largest absolute Gasteiger partial charge is 0.316 e. The molecule has 0 saturated heterocycles. The summed E-state index contributed by atoms with van der Waals surface area (Å²) in [5, 5.41) is 0. The normalized spacial score (nSPS) is 14.1. The van der Waals surface area contributed by atoms with E-state index in [2.05, 4.69) is 15.2 Å². The minimum atomic E-state index is 0.181. The van der Waals surface area contributed by atoms with Crippen molar-refractivity contribution in [2.45, 2.75) is 6.55 Å². The van der Waals surface area contributed by atoms with E-state index in [1.54, 1.807) is 0 Å². The van der Waals surface area contributed by atoms with Crippen LogP contribution in [0.15, 0.2) is 0 Å². The van der Waals surface area contributed by atoms with E-state index in [-0.39, 0.29) is 9.68 Å². The van der Waals surface area contributed by atoms with E-state index in [1.165, 1.54) is 31.2 Å². The van der Waals surface area contributed by atoms with Crippen LogP contribution in [0.1, 0.15) is 0 Å². The first-order valence-electron chi connectivity index (χ1n) is 2.56. The topological polar surface area (TPSA) is 6.48 Å². The van der Waals surface area contributed by atoms with Gasteiger partial charge >= 0.3 is 0 Å². The summed E-state index contributed by atoms with van der Waals surface area (Å²) < 4.78 is 4.98. The van der Waals surface area contributed by atoms with Gasteiger partial charge in [0.05, 0.1) is 40.9 Å². The predicted molar refractivity (Wildman–Crippen MR) is 47.9 cm³/mol. The van der Waals surface area contributed by atoms with E-state index in [1.807, 2.05) is 0 Å². The number of hydrazine groups is 1. The highest BCUT2D eigenvalue weighted by Gasteiger charge is 1.91. The van der Waals surface area contributed by atoms with Crippen LogP contribution in [-0.2, 0) is 0 Å². The molecule has 0 aromatic carbocycles. The summed E-state index contributed by atoms with van der Waals surface area (Å²) in [5.74, 6) is 0. The number of nitrogens with zero attached hydrogens (tertiary/aromatic N) is 2. The molecule has 0 atom stereocenters. The fraction of sp³-hybridized carbons (Fsp3) is 1.00. The third-order valence-electron chi connectivity index (χ3n) is 1.14. The SMILES string of the molecule is C[SiH2]N([SiH3])N([SiH3])[SiH3]. The number of hydrogen-bond acceptors (Lipinski definition) is 2. The smallest absolute Gasteiger partial charge is 0.0985 e. The molecule has 0 saturated carbocycles. The Bertz CT molecular complexity index is 47.0. The molecule has 0 unspecified atom stereocenters. The van der Waals surface area contributed by atoms with Crippen molar-refractivity contribution in [2.24, 2.45) is 0 Å². The maximum Gasteiger partial charge on any atom is 0.0985 e. The van der Waals surface area contributed by atoms with Gasteiger partial charge in [-0.05, 0) is 0 Å². The standard InChI is InChI=1S/CH14N2Si4/c1-7-3(6)2(4)5/h7H2,1,4-6H3. The molecule has 0 aliphatic carbocycles. The van der Waals surface area contributed by atoms with E-state index in [9.17, 15) is 0 Å². The van der Waals surface area contributed by atoms with Gasteiger partial charge in [0.2, 0.25) is 0 Å². The predicted octanol–water partition coefficient (Wildman–Crippen LogP) is -4.52. The Hall–Kier alpha value is 0.788. The van der Waals surface area contributed by atoms with E-state index >= 15 is 0 Å². The van der Waals surface area contributed by atoms with Gasteiger partial charge < -0.3 is 8.68 Å². The van der Waals surface area contributed by atoms with Crippen LogP contribution < -0.4 is 0 Å². The maximum atomic E-state index is 2.53. The summed E-state index contributed by atoms with van der Waals surface area (Å²) in [6.07, 6.45) is 0. The van der Waals surface area contributed by atoms with Crippen LogP contribution in [0.25, 0.3) is 0 Å². The molecule has 0 spiro atoms. The molecule has 0 aromatic heterocycles. The van der Waals surface area contributed by atoms with Gasteiger partial charge in [-0.15, -0.1) is 0 Å². The molecule has 0 aromatic rings. The Kier molecular flexibility index (Phi) is 4.17. The van der Waals surface area contributed by atoms with Gasteiger partial charge in [-0.1, -0.05) is 6.55 Å². The van der Waals surface area contributed by atoms with Crippen LogP contribution >= 0.6 is 0 Å². The second-order valence-electron chi connectivity index (χ2n) is 1.82. The summed E-state index contributed by atoms with van der Waals surface area (Å²) in [5.41, 5.74) is 0. The van der Waals surface area contributed by atoms with E-state index < -0.39 is 0 Å². The molecular formula is CH14N2Si4. The van der Waals surface area contributed by atoms with Gasteiger partial charge in [0.15, 0.2) is 0 Å². The van der Waals surface area contributed by atoms with Crippen LogP contribution in [0.5, 0.6) is 0 Å². The third-order valence-corrected chi connectivity index (χ3v) is 9.42. The van der Waals surface area contributed by atoms with Crippen LogP contribution in [0.4, 0.5) is 0 Å². The monoisotopic (exact) mass is 166 g/mol. The van der Waals surface area contributed by atoms with Crippen LogP contribution in [0.3, 0.4) is 0 Å². The lowest BCUT2D eigenvalue weighted by atomic mass is 11.9. The molecule has 0 N–H and O–H groups in total. The fourth-order valence-corrected chi connectivity index (χ4v) is 2.55. The van der Waals surface area contributed by atoms with E-state index in [0.29, 0.717) is 0 Å². The molecule has 0 rings (SSSR count). The first kappa shape index (κ1) is 7.79. The second kappa shape index (κ2) is 3.75. The minimum absolute atomic E-state index is 0.181. The molecule has 7 heavy (non-hydrogen) atoms. The Morgan fingerprint density at radius 2 is 1.71 bits per heavy atom. The summed E-state index contributed by atoms with van der Waals surface area (Å²) in [6, 6.07) is 0. The highest BCUT2D eigenvalue weighted by Crippen LogP contribution is 1.74. The molecule has 2 nitrogen and oxygen atoms in total. The lowest BCUT2D eigenvalue weighted by molar-refractivity contribution is 0.454. The van der Waals surface area contributed by atoms with Crippen molar-refractivity contribution in [3.05, 3.63) is 0 Å². The van der Waals surface area contributed by atoms with Crippen LogP contribution in [0, 0.1) is 0 Å². The Balaban J connectivity index is 3.14. The Morgan fingerprint density at radius 1 is 1.29 bits per heavy atom. The number of hydrogen-bond donors (Lipinski definition) is 0. The molecule has 0 aliphatic rings. The lowest BCUT2D eigenvalue weighted by Crippen LogP contribution is -2.38. The minimum Gasteiger partial charge on any atom is -0.316 e.